The van der Waals surface area contributed by atoms with Gasteiger partial charge in [0.1, 0.15) is 5.75 Å². The topological polar surface area (TPSA) is 51.2 Å². The minimum atomic E-state index is -0.640. The van der Waals surface area contributed by atoms with Gasteiger partial charge in [0.2, 0.25) is 0 Å². The predicted octanol–water partition coefficient (Wildman–Crippen LogP) is 3.69. The highest BCUT2D eigenvalue weighted by Crippen LogP contribution is 2.26. The van der Waals surface area contributed by atoms with Crippen LogP contribution in [0.3, 0.4) is 0 Å². The summed E-state index contributed by atoms with van der Waals surface area (Å²) in [4.78, 5) is 16.3. The standard InChI is InChI=1S/C17H19ClN2O2/c1-11-6-7-15(18)16(9-11)22-13(3)17(21)20-12(2)14-5-4-8-19-10-14/h4-10,12-13H,1-3H3,(H,20,21)/t12-,13+/m0/s1. The number of carbonyl (C=O) groups excluding carboxylic acids is 1. The van der Waals surface area contributed by atoms with E-state index in [1.165, 1.54) is 0 Å². The molecule has 0 aliphatic heterocycles. The van der Waals surface area contributed by atoms with E-state index < -0.39 is 6.10 Å². The van der Waals surface area contributed by atoms with Gasteiger partial charge in [0, 0.05) is 12.4 Å². The smallest absolute Gasteiger partial charge is 0.261 e. The van der Waals surface area contributed by atoms with E-state index in [0.717, 1.165) is 11.1 Å². The molecule has 0 aliphatic carbocycles. The molecule has 116 valence electrons. The molecule has 0 saturated heterocycles. The molecule has 1 amide bonds. The summed E-state index contributed by atoms with van der Waals surface area (Å²) in [7, 11) is 0. The van der Waals surface area contributed by atoms with Crippen molar-refractivity contribution in [1.82, 2.24) is 10.3 Å². The third-order valence-corrected chi connectivity index (χ3v) is 3.62. The van der Waals surface area contributed by atoms with Gasteiger partial charge >= 0.3 is 0 Å². The molecule has 1 aromatic heterocycles. The number of hydrogen-bond acceptors (Lipinski definition) is 3. The summed E-state index contributed by atoms with van der Waals surface area (Å²) in [6, 6.07) is 9.09. The number of rotatable bonds is 5. The summed E-state index contributed by atoms with van der Waals surface area (Å²) in [5.41, 5.74) is 1.97. The molecule has 2 aromatic rings. The fraction of sp³-hybridized carbons (Fsp3) is 0.294. The molecule has 0 unspecified atom stereocenters. The number of aromatic nitrogens is 1. The first-order chi connectivity index (χ1) is 10.5. The Labute approximate surface area is 135 Å². The zero-order valence-electron chi connectivity index (χ0n) is 12.8. The quantitative estimate of drug-likeness (QED) is 0.914. The second kappa shape index (κ2) is 7.27. The van der Waals surface area contributed by atoms with E-state index in [1.54, 1.807) is 25.4 Å². The molecular weight excluding hydrogens is 300 g/mol. The zero-order chi connectivity index (χ0) is 16.1. The SMILES string of the molecule is Cc1ccc(Cl)c(O[C@H](C)C(=O)N[C@@H](C)c2cccnc2)c1. The Morgan fingerprint density at radius 1 is 1.32 bits per heavy atom. The molecule has 0 saturated carbocycles. The van der Waals surface area contributed by atoms with E-state index in [2.05, 4.69) is 10.3 Å². The van der Waals surface area contributed by atoms with E-state index >= 15 is 0 Å². The van der Waals surface area contributed by atoms with Gasteiger partial charge in [-0.1, -0.05) is 23.7 Å². The highest BCUT2D eigenvalue weighted by molar-refractivity contribution is 6.32. The lowest BCUT2D eigenvalue weighted by molar-refractivity contribution is -0.127. The van der Waals surface area contributed by atoms with Gasteiger partial charge in [0.05, 0.1) is 11.1 Å². The summed E-state index contributed by atoms with van der Waals surface area (Å²) in [6.45, 7) is 5.55. The Balaban J connectivity index is 1.99. The van der Waals surface area contributed by atoms with Crippen molar-refractivity contribution in [1.29, 1.82) is 0 Å². The van der Waals surface area contributed by atoms with Crippen LogP contribution in [-0.2, 0) is 4.79 Å². The minimum absolute atomic E-state index is 0.139. The molecule has 0 bridgehead atoms. The molecule has 0 radical (unpaired) electrons. The van der Waals surface area contributed by atoms with Crippen molar-refractivity contribution in [2.24, 2.45) is 0 Å². The molecular formula is C17H19ClN2O2. The van der Waals surface area contributed by atoms with Crippen LogP contribution >= 0.6 is 11.6 Å². The second-order valence-corrected chi connectivity index (χ2v) is 5.62. The number of aryl methyl sites for hydroxylation is 1. The molecule has 2 rings (SSSR count). The lowest BCUT2D eigenvalue weighted by Crippen LogP contribution is -2.37. The molecule has 0 spiro atoms. The fourth-order valence-electron chi connectivity index (χ4n) is 1.99. The first-order valence-corrected chi connectivity index (χ1v) is 7.48. The number of amides is 1. The molecule has 4 nitrogen and oxygen atoms in total. The first-order valence-electron chi connectivity index (χ1n) is 7.10. The van der Waals surface area contributed by atoms with Crippen LogP contribution in [0.2, 0.25) is 5.02 Å². The monoisotopic (exact) mass is 318 g/mol. The third kappa shape index (κ3) is 4.21. The van der Waals surface area contributed by atoms with Gasteiger partial charge in [-0.3, -0.25) is 9.78 Å². The predicted molar refractivity (Wildman–Crippen MR) is 87.1 cm³/mol. The Hall–Kier alpha value is -2.07. The number of hydrogen-bond donors (Lipinski definition) is 1. The van der Waals surface area contributed by atoms with E-state index in [9.17, 15) is 4.79 Å². The van der Waals surface area contributed by atoms with Gasteiger partial charge in [-0.25, -0.2) is 0 Å². The summed E-state index contributed by atoms with van der Waals surface area (Å²) in [5, 5.41) is 3.39. The maximum atomic E-state index is 12.2. The molecule has 22 heavy (non-hydrogen) atoms. The van der Waals surface area contributed by atoms with Crippen LogP contribution in [0.15, 0.2) is 42.7 Å². The van der Waals surface area contributed by atoms with Crippen LogP contribution in [0.5, 0.6) is 5.75 Å². The summed E-state index contributed by atoms with van der Waals surface area (Å²) >= 11 is 6.08. The van der Waals surface area contributed by atoms with Crippen LogP contribution < -0.4 is 10.1 Å². The van der Waals surface area contributed by atoms with Gasteiger partial charge in [-0.15, -0.1) is 0 Å². The van der Waals surface area contributed by atoms with Crippen molar-refractivity contribution in [2.75, 3.05) is 0 Å². The number of benzene rings is 1. The van der Waals surface area contributed by atoms with Crippen molar-refractivity contribution in [3.05, 3.63) is 58.9 Å². The van der Waals surface area contributed by atoms with E-state index in [4.69, 9.17) is 16.3 Å². The van der Waals surface area contributed by atoms with Gasteiger partial charge in [-0.05, 0) is 50.1 Å². The first kappa shape index (κ1) is 16.3. The van der Waals surface area contributed by atoms with Crippen LogP contribution in [0.25, 0.3) is 0 Å². The molecule has 1 aromatic carbocycles. The van der Waals surface area contributed by atoms with Gasteiger partial charge in [0.15, 0.2) is 6.10 Å². The third-order valence-electron chi connectivity index (χ3n) is 3.30. The van der Waals surface area contributed by atoms with Crippen molar-refractivity contribution in [3.63, 3.8) is 0 Å². The van der Waals surface area contributed by atoms with Crippen molar-refractivity contribution in [3.8, 4) is 5.75 Å². The van der Waals surface area contributed by atoms with Gasteiger partial charge in [0.25, 0.3) is 5.91 Å². The number of halogens is 1. The molecule has 1 N–H and O–H groups in total. The van der Waals surface area contributed by atoms with Crippen molar-refractivity contribution >= 4 is 17.5 Å². The van der Waals surface area contributed by atoms with E-state index in [0.29, 0.717) is 10.8 Å². The number of pyridine rings is 1. The summed E-state index contributed by atoms with van der Waals surface area (Å²) in [6.07, 6.45) is 2.79. The number of nitrogens with one attached hydrogen (secondary N) is 1. The lowest BCUT2D eigenvalue weighted by atomic mass is 10.1. The summed E-state index contributed by atoms with van der Waals surface area (Å²) < 4.78 is 5.66. The largest absolute Gasteiger partial charge is 0.479 e. The highest BCUT2D eigenvalue weighted by Gasteiger charge is 2.18. The summed E-state index contributed by atoms with van der Waals surface area (Å²) in [5.74, 6) is 0.312. The van der Waals surface area contributed by atoms with E-state index in [1.807, 2.05) is 38.1 Å². The maximum absolute atomic E-state index is 12.2. The average molecular weight is 319 g/mol. The van der Waals surface area contributed by atoms with Crippen LogP contribution in [0.4, 0.5) is 0 Å². The normalized spacial score (nSPS) is 13.3. The van der Waals surface area contributed by atoms with Crippen molar-refractivity contribution < 1.29 is 9.53 Å². The lowest BCUT2D eigenvalue weighted by Gasteiger charge is -2.19. The number of carbonyl (C=O) groups is 1. The van der Waals surface area contributed by atoms with Gasteiger partial charge in [-0.2, -0.15) is 0 Å². The van der Waals surface area contributed by atoms with Gasteiger partial charge < -0.3 is 10.1 Å². The Bertz CT molecular complexity index is 646. The Kier molecular flexibility index (Phi) is 5.39. The van der Waals surface area contributed by atoms with Crippen LogP contribution in [0.1, 0.15) is 31.0 Å². The molecule has 1 heterocycles. The van der Waals surface area contributed by atoms with E-state index in [-0.39, 0.29) is 11.9 Å². The Morgan fingerprint density at radius 3 is 2.77 bits per heavy atom. The molecule has 5 heteroatoms. The molecule has 2 atom stereocenters. The maximum Gasteiger partial charge on any atom is 0.261 e. The second-order valence-electron chi connectivity index (χ2n) is 5.21. The molecule has 0 aliphatic rings. The highest BCUT2D eigenvalue weighted by atomic mass is 35.5. The average Bonchev–Trinajstić information content (AvgIpc) is 2.51. The minimum Gasteiger partial charge on any atom is -0.479 e. The fourth-order valence-corrected chi connectivity index (χ4v) is 2.15. The van der Waals surface area contributed by atoms with Crippen LogP contribution in [-0.4, -0.2) is 17.0 Å². The number of ether oxygens (including phenoxy) is 1. The molecule has 0 fully saturated rings. The van der Waals surface area contributed by atoms with Crippen molar-refractivity contribution in [2.45, 2.75) is 32.9 Å². The van der Waals surface area contributed by atoms with Crippen LogP contribution in [0, 0.1) is 6.92 Å². The number of nitrogens with zero attached hydrogens (tertiary/aromatic N) is 1. The Morgan fingerprint density at radius 2 is 2.09 bits per heavy atom. The zero-order valence-corrected chi connectivity index (χ0v) is 13.6.